The molecule has 116 valence electrons. The van der Waals surface area contributed by atoms with Gasteiger partial charge >= 0.3 is 5.92 Å². The summed E-state index contributed by atoms with van der Waals surface area (Å²) in [4.78, 5) is 16.6. The van der Waals surface area contributed by atoms with Crippen molar-refractivity contribution in [1.29, 1.82) is 0 Å². The van der Waals surface area contributed by atoms with Crippen LogP contribution in [0.25, 0.3) is 11.4 Å². The molecule has 3 rings (SSSR count). The zero-order valence-corrected chi connectivity index (χ0v) is 12.0. The van der Waals surface area contributed by atoms with E-state index in [1.807, 2.05) is 0 Å². The first-order valence-corrected chi connectivity index (χ1v) is 6.59. The fourth-order valence-electron chi connectivity index (χ4n) is 2.32. The van der Waals surface area contributed by atoms with Crippen LogP contribution < -0.4 is 0 Å². The Bertz CT molecular complexity index is 752. The molecule has 2 aromatic rings. The average Bonchev–Trinajstić information content (AvgIpc) is 2.99. The van der Waals surface area contributed by atoms with Gasteiger partial charge in [0.25, 0.3) is 11.5 Å². The zero-order valence-electron chi connectivity index (χ0n) is 11.3. The van der Waals surface area contributed by atoms with Gasteiger partial charge < -0.3 is 14.5 Å². The summed E-state index contributed by atoms with van der Waals surface area (Å²) in [7, 11) is 1.17. The van der Waals surface area contributed by atoms with E-state index in [0.29, 0.717) is 0 Å². The van der Waals surface area contributed by atoms with E-state index >= 15 is 0 Å². The third-order valence-electron chi connectivity index (χ3n) is 3.47. The van der Waals surface area contributed by atoms with Crippen LogP contribution in [0.2, 0.25) is 5.15 Å². The van der Waals surface area contributed by atoms with E-state index in [2.05, 4.69) is 10.1 Å². The number of alkyl halides is 2. The summed E-state index contributed by atoms with van der Waals surface area (Å²) in [5.41, 5.74) is -2.72. The van der Waals surface area contributed by atoms with Gasteiger partial charge in [-0.15, -0.1) is 0 Å². The molecule has 0 saturated carbocycles. The highest BCUT2D eigenvalue weighted by Gasteiger charge is 2.68. The number of likely N-dealkylation sites (N-methyl/N-ethyl adjacent to an activating group) is 1. The minimum absolute atomic E-state index is 0.0871. The molecule has 2 aromatic heterocycles. The van der Waals surface area contributed by atoms with Crippen molar-refractivity contribution < 1.29 is 23.2 Å². The predicted octanol–water partition coefficient (Wildman–Crippen LogP) is 1.68. The van der Waals surface area contributed by atoms with Crippen LogP contribution in [0.3, 0.4) is 0 Å². The predicted molar refractivity (Wildman–Crippen MR) is 71.2 cm³/mol. The number of carbonyl (C=O) groups excluding carboxylic acids is 1. The van der Waals surface area contributed by atoms with Crippen LogP contribution in [-0.4, -0.2) is 45.6 Å². The molecule has 1 aliphatic rings. The maximum absolute atomic E-state index is 14.0. The smallest absolute Gasteiger partial charge is 0.309 e. The molecule has 22 heavy (non-hydrogen) atoms. The summed E-state index contributed by atoms with van der Waals surface area (Å²) >= 11 is 5.74. The molecule has 0 bridgehead atoms. The first-order chi connectivity index (χ1) is 10.3. The van der Waals surface area contributed by atoms with Crippen LogP contribution in [0.5, 0.6) is 0 Å². The van der Waals surface area contributed by atoms with Crippen molar-refractivity contribution in [1.82, 2.24) is 15.0 Å². The highest BCUT2D eigenvalue weighted by atomic mass is 35.5. The Kier molecular flexibility index (Phi) is 3.19. The summed E-state index contributed by atoms with van der Waals surface area (Å²) < 4.78 is 32.8. The molecule has 0 aromatic carbocycles. The van der Waals surface area contributed by atoms with Crippen molar-refractivity contribution in [3.05, 3.63) is 35.2 Å². The van der Waals surface area contributed by atoms with Crippen molar-refractivity contribution in [3.8, 4) is 11.4 Å². The van der Waals surface area contributed by atoms with Crippen molar-refractivity contribution in [2.75, 3.05) is 13.6 Å². The van der Waals surface area contributed by atoms with Crippen molar-refractivity contribution in [3.63, 3.8) is 0 Å². The lowest BCUT2D eigenvalue weighted by Crippen LogP contribution is -2.46. The normalized spacial score (nSPS) is 24.0. The highest BCUT2D eigenvalue weighted by Crippen LogP contribution is 2.45. The Morgan fingerprint density at radius 1 is 1.41 bits per heavy atom. The van der Waals surface area contributed by atoms with Crippen molar-refractivity contribution in [2.45, 2.75) is 11.5 Å². The van der Waals surface area contributed by atoms with E-state index in [9.17, 15) is 18.7 Å². The van der Waals surface area contributed by atoms with Gasteiger partial charge in [0.15, 0.2) is 5.76 Å². The number of hydrogen-bond acceptors (Lipinski definition) is 5. The molecule has 1 atom stereocenters. The van der Waals surface area contributed by atoms with Gasteiger partial charge in [-0.3, -0.25) is 4.79 Å². The number of rotatable bonds is 2. The second kappa shape index (κ2) is 4.72. The van der Waals surface area contributed by atoms with Crippen molar-refractivity contribution >= 4 is 17.5 Å². The number of hydrogen-bond donors (Lipinski definition) is 1. The Morgan fingerprint density at radius 3 is 2.73 bits per heavy atom. The van der Waals surface area contributed by atoms with Gasteiger partial charge in [0.2, 0.25) is 0 Å². The topological polar surface area (TPSA) is 79.5 Å². The van der Waals surface area contributed by atoms with Crippen molar-refractivity contribution in [2.24, 2.45) is 0 Å². The number of carbonyl (C=O) groups is 1. The number of nitrogens with zero attached hydrogens (tertiary/aromatic N) is 3. The molecular formula is C13H10ClF2N3O3. The van der Waals surface area contributed by atoms with E-state index in [4.69, 9.17) is 16.1 Å². The summed E-state index contributed by atoms with van der Waals surface area (Å²) in [6, 6.07) is 5.72. The largest absolute Gasteiger partial charge is 0.368 e. The Morgan fingerprint density at radius 2 is 2.14 bits per heavy atom. The number of pyridine rings is 1. The Labute approximate surface area is 128 Å². The Hall–Kier alpha value is -2.06. The van der Waals surface area contributed by atoms with Crippen LogP contribution in [0, 0.1) is 0 Å². The third-order valence-corrected chi connectivity index (χ3v) is 3.68. The van der Waals surface area contributed by atoms with E-state index in [1.165, 1.54) is 19.2 Å². The summed E-state index contributed by atoms with van der Waals surface area (Å²) in [5, 5.41) is 14.0. The van der Waals surface area contributed by atoms with Gasteiger partial charge in [0.05, 0.1) is 12.2 Å². The molecular weight excluding hydrogens is 320 g/mol. The van der Waals surface area contributed by atoms with Gasteiger partial charge in [0.1, 0.15) is 10.8 Å². The minimum Gasteiger partial charge on any atom is -0.368 e. The first kappa shape index (κ1) is 14.9. The van der Waals surface area contributed by atoms with Crippen LogP contribution >= 0.6 is 11.6 Å². The molecule has 3 heterocycles. The van der Waals surface area contributed by atoms with Crippen LogP contribution in [0.15, 0.2) is 28.8 Å². The number of amides is 1. The number of halogens is 3. The van der Waals surface area contributed by atoms with Gasteiger partial charge in [0, 0.05) is 13.1 Å². The van der Waals surface area contributed by atoms with E-state index in [1.54, 1.807) is 6.07 Å². The molecule has 0 aliphatic carbocycles. The summed E-state index contributed by atoms with van der Waals surface area (Å²) in [6.45, 7) is -0.909. The maximum atomic E-state index is 14.0. The molecule has 0 spiro atoms. The van der Waals surface area contributed by atoms with Gasteiger partial charge in [-0.2, -0.15) is 0 Å². The molecule has 1 N–H and O–H groups in total. The molecule has 1 unspecified atom stereocenters. The highest BCUT2D eigenvalue weighted by molar-refractivity contribution is 6.29. The average molecular weight is 330 g/mol. The molecule has 0 radical (unpaired) electrons. The first-order valence-electron chi connectivity index (χ1n) is 6.21. The van der Waals surface area contributed by atoms with Crippen LogP contribution in [-0.2, 0) is 10.4 Å². The van der Waals surface area contributed by atoms with E-state index in [-0.39, 0.29) is 16.5 Å². The molecule has 1 saturated heterocycles. The molecule has 1 aliphatic heterocycles. The fraction of sp³-hybridized carbons (Fsp3) is 0.308. The monoisotopic (exact) mass is 329 g/mol. The number of likely N-dealkylation sites (tertiary alicyclic amines) is 1. The molecule has 6 nitrogen and oxygen atoms in total. The van der Waals surface area contributed by atoms with Gasteiger partial charge in [-0.25, -0.2) is 13.8 Å². The summed E-state index contributed by atoms with van der Waals surface area (Å²) in [6.07, 6.45) is 0. The second-order valence-corrected chi connectivity index (χ2v) is 5.39. The maximum Gasteiger partial charge on any atom is 0.309 e. The van der Waals surface area contributed by atoms with E-state index < -0.39 is 29.7 Å². The Balaban J connectivity index is 2.05. The van der Waals surface area contributed by atoms with Crippen LogP contribution in [0.4, 0.5) is 8.78 Å². The summed E-state index contributed by atoms with van der Waals surface area (Å²) in [5.74, 6) is -5.49. The lowest BCUT2D eigenvalue weighted by Gasteiger charge is -2.22. The quantitative estimate of drug-likeness (QED) is 0.848. The zero-order chi connectivity index (χ0) is 16.1. The molecule has 1 amide bonds. The standard InChI is InChI=1S/C13H10ClF2N3O3/c1-19-6-12(15,16)13(21,11(19)20)9-5-8(18-22-9)7-3-2-4-10(14)17-7/h2-5,21H,6H2,1H3. The number of aromatic nitrogens is 2. The lowest BCUT2D eigenvalue weighted by molar-refractivity contribution is -0.179. The van der Waals surface area contributed by atoms with Gasteiger partial charge in [-0.1, -0.05) is 22.8 Å². The van der Waals surface area contributed by atoms with Crippen LogP contribution in [0.1, 0.15) is 5.76 Å². The van der Waals surface area contributed by atoms with Gasteiger partial charge in [-0.05, 0) is 12.1 Å². The molecule has 9 heteroatoms. The lowest BCUT2D eigenvalue weighted by atomic mass is 9.95. The SMILES string of the molecule is CN1CC(F)(F)C(O)(c2cc(-c3cccc(Cl)n3)no2)C1=O. The van der Waals surface area contributed by atoms with E-state index in [0.717, 1.165) is 11.0 Å². The number of aliphatic hydroxyl groups is 1. The molecule has 1 fully saturated rings. The second-order valence-electron chi connectivity index (χ2n) is 5.00. The fourth-order valence-corrected chi connectivity index (χ4v) is 2.48. The minimum atomic E-state index is -3.70. The third kappa shape index (κ3) is 1.98.